The van der Waals surface area contributed by atoms with Crippen LogP contribution in [0.3, 0.4) is 0 Å². The monoisotopic (exact) mass is 255 g/mol. The van der Waals surface area contributed by atoms with E-state index in [1.54, 1.807) is 18.3 Å². The lowest BCUT2D eigenvalue weighted by atomic mass is 10.1. The summed E-state index contributed by atoms with van der Waals surface area (Å²) in [5, 5.41) is 12.8. The lowest BCUT2D eigenvalue weighted by Crippen LogP contribution is -2.30. The van der Waals surface area contributed by atoms with Crippen LogP contribution in [0, 0.1) is 11.3 Å². The molecule has 0 spiro atoms. The standard InChI is InChI=1S/C13H13N5O/c14-9-11-8-10(4-5-15-11)12-16-13(17-19-12)18-6-2-1-3-7-18/h4-5,8H,1-3,6-7H2. The van der Waals surface area contributed by atoms with Gasteiger partial charge in [-0.05, 0) is 36.6 Å². The maximum Gasteiger partial charge on any atom is 0.266 e. The van der Waals surface area contributed by atoms with Crippen molar-refractivity contribution in [3.8, 4) is 17.5 Å². The van der Waals surface area contributed by atoms with Crippen LogP contribution in [0.5, 0.6) is 0 Å². The molecule has 1 fully saturated rings. The van der Waals surface area contributed by atoms with Gasteiger partial charge in [0.05, 0.1) is 0 Å². The predicted molar refractivity (Wildman–Crippen MR) is 68.3 cm³/mol. The zero-order chi connectivity index (χ0) is 13.1. The van der Waals surface area contributed by atoms with Gasteiger partial charge in [0.1, 0.15) is 11.8 Å². The zero-order valence-electron chi connectivity index (χ0n) is 10.4. The predicted octanol–water partition coefficient (Wildman–Crippen LogP) is 1.99. The molecule has 6 nitrogen and oxygen atoms in total. The number of nitriles is 1. The molecule has 3 rings (SSSR count). The Bertz CT molecular complexity index is 609. The van der Waals surface area contributed by atoms with Crippen LogP contribution in [-0.2, 0) is 0 Å². The quantitative estimate of drug-likeness (QED) is 0.816. The van der Waals surface area contributed by atoms with Gasteiger partial charge in [-0.25, -0.2) is 4.98 Å². The van der Waals surface area contributed by atoms with Crippen molar-refractivity contribution in [3.63, 3.8) is 0 Å². The van der Waals surface area contributed by atoms with Gasteiger partial charge in [-0.3, -0.25) is 0 Å². The van der Waals surface area contributed by atoms with Gasteiger partial charge in [-0.2, -0.15) is 10.2 Å². The average molecular weight is 255 g/mol. The van der Waals surface area contributed by atoms with Crippen LogP contribution < -0.4 is 4.90 Å². The van der Waals surface area contributed by atoms with E-state index in [0.717, 1.165) is 31.5 Å². The Balaban J connectivity index is 1.86. The van der Waals surface area contributed by atoms with Gasteiger partial charge in [0, 0.05) is 24.8 Å². The average Bonchev–Trinajstić information content (AvgIpc) is 2.98. The number of hydrogen-bond donors (Lipinski definition) is 0. The minimum atomic E-state index is 0.343. The van der Waals surface area contributed by atoms with Crippen LogP contribution >= 0.6 is 0 Å². The molecule has 0 unspecified atom stereocenters. The molecule has 0 aromatic carbocycles. The van der Waals surface area contributed by atoms with Gasteiger partial charge >= 0.3 is 0 Å². The first-order valence-corrected chi connectivity index (χ1v) is 6.32. The Kier molecular flexibility index (Phi) is 3.11. The highest BCUT2D eigenvalue weighted by Gasteiger charge is 2.17. The van der Waals surface area contributed by atoms with Gasteiger partial charge in [0.15, 0.2) is 0 Å². The molecule has 0 amide bonds. The molecule has 2 aromatic rings. The molecule has 1 aliphatic heterocycles. The normalized spacial score (nSPS) is 15.2. The molecule has 6 heteroatoms. The van der Waals surface area contributed by atoms with E-state index in [1.165, 1.54) is 6.42 Å². The highest BCUT2D eigenvalue weighted by atomic mass is 16.5. The maximum absolute atomic E-state index is 8.83. The Hall–Kier alpha value is -2.42. The van der Waals surface area contributed by atoms with E-state index in [1.807, 2.05) is 6.07 Å². The molecule has 0 saturated carbocycles. The number of rotatable bonds is 2. The largest absolute Gasteiger partial charge is 0.338 e. The van der Waals surface area contributed by atoms with Crippen molar-refractivity contribution in [1.29, 1.82) is 5.26 Å². The fraction of sp³-hybridized carbons (Fsp3) is 0.385. The van der Waals surface area contributed by atoms with E-state index in [4.69, 9.17) is 9.78 Å². The number of pyridine rings is 1. The zero-order valence-corrected chi connectivity index (χ0v) is 10.4. The van der Waals surface area contributed by atoms with Crippen molar-refractivity contribution in [3.05, 3.63) is 24.0 Å². The van der Waals surface area contributed by atoms with Gasteiger partial charge in [0.2, 0.25) is 0 Å². The summed E-state index contributed by atoms with van der Waals surface area (Å²) in [6, 6.07) is 5.40. The van der Waals surface area contributed by atoms with E-state index in [0.29, 0.717) is 17.5 Å². The summed E-state index contributed by atoms with van der Waals surface area (Å²) in [5.74, 6) is 1.06. The summed E-state index contributed by atoms with van der Waals surface area (Å²) in [6.45, 7) is 1.94. The van der Waals surface area contributed by atoms with Crippen molar-refractivity contribution in [1.82, 2.24) is 15.1 Å². The second-order valence-electron chi connectivity index (χ2n) is 4.49. The lowest BCUT2D eigenvalue weighted by Gasteiger charge is -2.24. The smallest absolute Gasteiger partial charge is 0.266 e. The highest BCUT2D eigenvalue weighted by molar-refractivity contribution is 5.55. The topological polar surface area (TPSA) is 78.8 Å². The number of anilines is 1. The lowest BCUT2D eigenvalue weighted by molar-refractivity contribution is 0.426. The summed E-state index contributed by atoms with van der Waals surface area (Å²) in [6.07, 6.45) is 5.16. The molecule has 19 heavy (non-hydrogen) atoms. The Labute approximate surface area is 110 Å². The molecule has 0 N–H and O–H groups in total. The van der Waals surface area contributed by atoms with E-state index >= 15 is 0 Å². The summed E-state index contributed by atoms with van der Waals surface area (Å²) in [5.41, 5.74) is 1.07. The van der Waals surface area contributed by atoms with Crippen molar-refractivity contribution in [2.45, 2.75) is 19.3 Å². The summed E-state index contributed by atoms with van der Waals surface area (Å²) >= 11 is 0. The van der Waals surface area contributed by atoms with E-state index in [9.17, 15) is 0 Å². The van der Waals surface area contributed by atoms with Crippen molar-refractivity contribution in [2.24, 2.45) is 0 Å². The third-order valence-electron chi connectivity index (χ3n) is 3.18. The van der Waals surface area contributed by atoms with E-state index < -0.39 is 0 Å². The molecule has 0 atom stereocenters. The second kappa shape index (κ2) is 5.06. The van der Waals surface area contributed by atoms with E-state index in [-0.39, 0.29) is 0 Å². The molecule has 0 aliphatic carbocycles. The SMILES string of the molecule is N#Cc1cc(-c2nc(N3CCCCC3)no2)ccn1. The summed E-state index contributed by atoms with van der Waals surface area (Å²) < 4.78 is 5.26. The Morgan fingerprint density at radius 3 is 2.89 bits per heavy atom. The molecule has 0 radical (unpaired) electrons. The van der Waals surface area contributed by atoms with Crippen LogP contribution in [0.4, 0.5) is 5.95 Å². The van der Waals surface area contributed by atoms with Gasteiger partial charge in [0.25, 0.3) is 11.8 Å². The minimum Gasteiger partial charge on any atom is -0.338 e. The molecule has 0 bridgehead atoms. The summed E-state index contributed by atoms with van der Waals surface area (Å²) in [4.78, 5) is 10.4. The number of aromatic nitrogens is 3. The van der Waals surface area contributed by atoms with Crippen LogP contribution in [0.15, 0.2) is 22.9 Å². The van der Waals surface area contributed by atoms with Gasteiger partial charge in [-0.1, -0.05) is 0 Å². The first-order valence-electron chi connectivity index (χ1n) is 6.32. The molecule has 3 heterocycles. The van der Waals surface area contributed by atoms with Crippen LogP contribution in [0.2, 0.25) is 0 Å². The fourth-order valence-electron chi connectivity index (χ4n) is 2.18. The van der Waals surface area contributed by atoms with Crippen molar-refractivity contribution in [2.75, 3.05) is 18.0 Å². The van der Waals surface area contributed by atoms with E-state index in [2.05, 4.69) is 20.0 Å². The highest BCUT2D eigenvalue weighted by Crippen LogP contribution is 2.22. The summed E-state index contributed by atoms with van der Waals surface area (Å²) in [7, 11) is 0. The Morgan fingerprint density at radius 2 is 2.11 bits per heavy atom. The third kappa shape index (κ3) is 2.40. The molecular weight excluding hydrogens is 242 g/mol. The number of hydrogen-bond acceptors (Lipinski definition) is 6. The minimum absolute atomic E-state index is 0.343. The molecule has 2 aromatic heterocycles. The first kappa shape index (κ1) is 11.7. The maximum atomic E-state index is 8.83. The van der Waals surface area contributed by atoms with Crippen molar-refractivity contribution >= 4 is 5.95 Å². The molecule has 96 valence electrons. The van der Waals surface area contributed by atoms with Crippen LogP contribution in [0.25, 0.3) is 11.5 Å². The Morgan fingerprint density at radius 1 is 1.26 bits per heavy atom. The van der Waals surface area contributed by atoms with Crippen molar-refractivity contribution < 1.29 is 4.52 Å². The molecular formula is C13H13N5O. The third-order valence-corrected chi connectivity index (χ3v) is 3.18. The second-order valence-corrected chi connectivity index (χ2v) is 4.49. The van der Waals surface area contributed by atoms with Crippen LogP contribution in [0.1, 0.15) is 25.0 Å². The fourth-order valence-corrected chi connectivity index (χ4v) is 2.18. The number of nitrogens with zero attached hydrogens (tertiary/aromatic N) is 5. The molecule has 1 aliphatic rings. The van der Waals surface area contributed by atoms with Crippen LogP contribution in [-0.4, -0.2) is 28.2 Å². The van der Waals surface area contributed by atoms with Gasteiger partial charge in [-0.15, -0.1) is 0 Å². The number of piperidine rings is 1. The van der Waals surface area contributed by atoms with Gasteiger partial charge < -0.3 is 9.42 Å². The first-order chi connectivity index (χ1) is 9.36. The molecule has 1 saturated heterocycles.